The molecule has 0 spiro atoms. The third kappa shape index (κ3) is 3.03. The minimum absolute atomic E-state index is 0.0120. The third-order valence-electron chi connectivity index (χ3n) is 1.70. The van der Waals surface area contributed by atoms with E-state index < -0.39 is 11.3 Å². The zero-order valence-corrected chi connectivity index (χ0v) is 10.1. The Morgan fingerprint density at radius 3 is 2.31 bits per heavy atom. The van der Waals surface area contributed by atoms with Gasteiger partial charge in [-0.25, -0.2) is 4.99 Å². The van der Waals surface area contributed by atoms with Crippen molar-refractivity contribution in [3.8, 4) is 0 Å². The van der Waals surface area contributed by atoms with Crippen LogP contribution in [0.3, 0.4) is 0 Å². The molecule has 0 aliphatic heterocycles. The van der Waals surface area contributed by atoms with E-state index in [9.17, 15) is 13.2 Å². The molecule has 0 heterocycles. The lowest BCUT2D eigenvalue weighted by atomic mass is 10.2. The number of rotatable bonds is 1. The van der Waals surface area contributed by atoms with E-state index in [-0.39, 0.29) is 15.7 Å². The van der Waals surface area contributed by atoms with Crippen molar-refractivity contribution in [2.75, 3.05) is 0 Å². The minimum atomic E-state index is -4.71. The number of benzene rings is 1. The highest BCUT2D eigenvalue weighted by Gasteiger charge is 2.34. The molecular weight excluding hydrogens is 285 g/mol. The highest BCUT2D eigenvalue weighted by Crippen LogP contribution is 2.37. The molecule has 7 heteroatoms. The Balaban J connectivity index is 3.30. The average molecular weight is 290 g/mol. The summed E-state index contributed by atoms with van der Waals surface area (Å²) in [7, 11) is 0. The zero-order valence-electron chi connectivity index (χ0n) is 7.87. The lowest BCUT2D eigenvalue weighted by molar-refractivity contribution is -0.0558. The van der Waals surface area contributed by atoms with Crippen molar-refractivity contribution in [3.63, 3.8) is 0 Å². The molecule has 1 aromatic rings. The van der Waals surface area contributed by atoms with Gasteiger partial charge < -0.3 is 0 Å². The minimum Gasteiger partial charge on any atom is -0.229 e. The van der Waals surface area contributed by atoms with Gasteiger partial charge in [0.15, 0.2) is 0 Å². The lowest BCUT2D eigenvalue weighted by Crippen LogP contribution is -2.16. The summed E-state index contributed by atoms with van der Waals surface area (Å²) >= 11 is 16.4. The van der Waals surface area contributed by atoms with E-state index in [0.717, 1.165) is 0 Å². The van der Waals surface area contributed by atoms with E-state index in [1.54, 1.807) is 13.0 Å². The first-order chi connectivity index (χ1) is 7.23. The average Bonchev–Trinajstić information content (AvgIpc) is 2.17. The maximum atomic E-state index is 12.1. The van der Waals surface area contributed by atoms with Crippen molar-refractivity contribution >= 4 is 45.7 Å². The lowest BCUT2D eigenvalue weighted by Gasteiger charge is -2.07. The maximum absolute atomic E-state index is 12.1. The molecule has 0 saturated heterocycles. The summed E-state index contributed by atoms with van der Waals surface area (Å²) in [5, 5.41) is -1.45. The van der Waals surface area contributed by atoms with E-state index in [4.69, 9.17) is 34.8 Å². The quantitative estimate of drug-likeness (QED) is 0.636. The predicted octanol–water partition coefficient (Wildman–Crippen LogP) is 5.13. The molecule has 1 rings (SSSR count). The summed E-state index contributed by atoms with van der Waals surface area (Å²) in [6, 6.07) is 2.98. The SMILES string of the molecule is Cc1ccc(Cl)c(N=C(Cl)C(F)(F)F)c1Cl. The second-order valence-electron chi connectivity index (χ2n) is 2.93. The first-order valence-corrected chi connectivity index (χ1v) is 5.13. The summed E-state index contributed by atoms with van der Waals surface area (Å²) in [6.07, 6.45) is -4.71. The van der Waals surface area contributed by atoms with Gasteiger partial charge in [0.1, 0.15) is 5.69 Å². The first kappa shape index (κ1) is 13.6. The van der Waals surface area contributed by atoms with Gasteiger partial charge in [-0.2, -0.15) is 13.2 Å². The van der Waals surface area contributed by atoms with Gasteiger partial charge in [0.25, 0.3) is 0 Å². The van der Waals surface area contributed by atoms with E-state index in [2.05, 4.69) is 4.99 Å². The van der Waals surface area contributed by atoms with E-state index >= 15 is 0 Å². The molecule has 0 unspecified atom stereocenters. The first-order valence-electron chi connectivity index (χ1n) is 3.99. The van der Waals surface area contributed by atoms with Gasteiger partial charge in [-0.1, -0.05) is 40.9 Å². The van der Waals surface area contributed by atoms with Crippen molar-refractivity contribution in [2.24, 2.45) is 4.99 Å². The Hall–Kier alpha value is -0.450. The number of nitrogens with zero attached hydrogens (tertiary/aromatic N) is 1. The van der Waals surface area contributed by atoms with Crippen LogP contribution in [0.1, 0.15) is 5.56 Å². The molecule has 0 aromatic heterocycles. The Labute approximate surface area is 105 Å². The number of aliphatic imine (C=N–C) groups is 1. The molecule has 0 N–H and O–H groups in total. The van der Waals surface area contributed by atoms with Crippen LogP contribution >= 0.6 is 34.8 Å². The van der Waals surface area contributed by atoms with Crippen LogP contribution in [0.5, 0.6) is 0 Å². The summed E-state index contributed by atoms with van der Waals surface area (Å²) < 4.78 is 36.4. The van der Waals surface area contributed by atoms with Crippen LogP contribution < -0.4 is 0 Å². The molecule has 0 bridgehead atoms. The summed E-state index contributed by atoms with van der Waals surface area (Å²) in [5.41, 5.74) is 0.391. The van der Waals surface area contributed by atoms with Crippen LogP contribution in [0.2, 0.25) is 10.0 Å². The molecule has 88 valence electrons. The number of hydrogen-bond donors (Lipinski definition) is 0. The van der Waals surface area contributed by atoms with E-state index in [0.29, 0.717) is 5.56 Å². The van der Waals surface area contributed by atoms with Gasteiger partial charge in [0, 0.05) is 0 Å². The maximum Gasteiger partial charge on any atom is 0.444 e. The Morgan fingerprint density at radius 2 is 1.81 bits per heavy atom. The highest BCUT2D eigenvalue weighted by atomic mass is 35.5. The molecule has 0 aliphatic rings. The number of alkyl halides is 3. The molecule has 0 saturated carbocycles. The smallest absolute Gasteiger partial charge is 0.229 e. The Morgan fingerprint density at radius 1 is 1.25 bits per heavy atom. The molecular formula is C9H5Cl3F3N. The van der Waals surface area contributed by atoms with Crippen LogP contribution in [-0.2, 0) is 0 Å². The summed E-state index contributed by atoms with van der Waals surface area (Å²) in [4.78, 5) is 3.18. The van der Waals surface area contributed by atoms with E-state index in [1.807, 2.05) is 0 Å². The zero-order chi connectivity index (χ0) is 12.5. The van der Waals surface area contributed by atoms with Gasteiger partial charge in [0.05, 0.1) is 10.0 Å². The predicted molar refractivity (Wildman–Crippen MR) is 60.2 cm³/mol. The normalized spacial score (nSPS) is 13.1. The molecule has 0 radical (unpaired) electrons. The molecule has 0 aliphatic carbocycles. The highest BCUT2D eigenvalue weighted by molar-refractivity contribution is 6.67. The fourth-order valence-corrected chi connectivity index (χ4v) is 1.45. The van der Waals surface area contributed by atoms with Crippen LogP contribution in [0, 0.1) is 6.92 Å². The van der Waals surface area contributed by atoms with Crippen LogP contribution in [-0.4, -0.2) is 11.3 Å². The van der Waals surface area contributed by atoms with Crippen molar-refractivity contribution in [3.05, 3.63) is 27.7 Å². The molecule has 16 heavy (non-hydrogen) atoms. The van der Waals surface area contributed by atoms with Gasteiger partial charge >= 0.3 is 6.18 Å². The van der Waals surface area contributed by atoms with Crippen LogP contribution in [0.4, 0.5) is 18.9 Å². The summed E-state index contributed by atoms with van der Waals surface area (Å²) in [5.74, 6) is 0. The standard InChI is InChI=1S/C9H5Cl3F3N/c1-4-2-3-5(10)7(6(4)11)16-8(12)9(13,14)15/h2-3H,1H3. The molecule has 0 atom stereocenters. The number of aryl methyl sites for hydroxylation is 1. The van der Waals surface area contributed by atoms with Crippen molar-refractivity contribution in [2.45, 2.75) is 13.1 Å². The third-order valence-corrected chi connectivity index (χ3v) is 2.78. The Bertz CT molecular complexity index is 440. The van der Waals surface area contributed by atoms with E-state index in [1.165, 1.54) is 6.07 Å². The Kier molecular flexibility index (Phi) is 4.10. The summed E-state index contributed by atoms with van der Waals surface area (Å²) in [6.45, 7) is 1.62. The fraction of sp³-hybridized carbons (Fsp3) is 0.222. The molecule has 0 fully saturated rings. The van der Waals surface area contributed by atoms with Crippen molar-refractivity contribution < 1.29 is 13.2 Å². The molecule has 1 nitrogen and oxygen atoms in total. The molecule has 1 aromatic carbocycles. The van der Waals surface area contributed by atoms with Crippen molar-refractivity contribution in [1.82, 2.24) is 0 Å². The second kappa shape index (κ2) is 4.82. The topological polar surface area (TPSA) is 12.4 Å². The van der Waals surface area contributed by atoms with Gasteiger partial charge in [-0.3, -0.25) is 0 Å². The number of halogens is 6. The monoisotopic (exact) mass is 289 g/mol. The van der Waals surface area contributed by atoms with Crippen LogP contribution in [0.15, 0.2) is 17.1 Å². The van der Waals surface area contributed by atoms with Crippen LogP contribution in [0.25, 0.3) is 0 Å². The van der Waals surface area contributed by atoms with Gasteiger partial charge in [0.2, 0.25) is 5.17 Å². The van der Waals surface area contributed by atoms with Gasteiger partial charge in [-0.05, 0) is 18.6 Å². The number of hydrogen-bond acceptors (Lipinski definition) is 1. The second-order valence-corrected chi connectivity index (χ2v) is 4.07. The largest absolute Gasteiger partial charge is 0.444 e. The van der Waals surface area contributed by atoms with Gasteiger partial charge in [-0.15, -0.1) is 0 Å². The fourth-order valence-electron chi connectivity index (χ4n) is 0.906. The van der Waals surface area contributed by atoms with Crippen molar-refractivity contribution in [1.29, 1.82) is 0 Å². The molecule has 0 amide bonds.